The monoisotopic (exact) mass is 244 g/mol. The van der Waals surface area contributed by atoms with Crippen molar-refractivity contribution in [1.82, 2.24) is 10.6 Å². The number of rotatable bonds is 2. The summed E-state index contributed by atoms with van der Waals surface area (Å²) in [6, 6.07) is 7.82. The van der Waals surface area contributed by atoms with Crippen LogP contribution in [0.5, 0.6) is 0 Å². The van der Waals surface area contributed by atoms with E-state index in [2.05, 4.69) is 10.6 Å². The highest BCUT2D eigenvalue weighted by Crippen LogP contribution is 2.20. The van der Waals surface area contributed by atoms with Crippen molar-refractivity contribution in [2.24, 2.45) is 0 Å². The second-order valence-electron chi connectivity index (χ2n) is 4.66. The van der Waals surface area contributed by atoms with E-state index in [1.165, 1.54) is 6.26 Å². The fraction of sp³-hybridized carbons (Fsp3) is 0.357. The molecule has 18 heavy (non-hydrogen) atoms. The van der Waals surface area contributed by atoms with Crippen LogP contribution in [0.3, 0.4) is 0 Å². The molecule has 3 rings (SSSR count). The van der Waals surface area contributed by atoms with Crippen molar-refractivity contribution in [2.75, 3.05) is 13.1 Å². The van der Waals surface area contributed by atoms with Crippen molar-refractivity contribution in [3.63, 3.8) is 0 Å². The van der Waals surface area contributed by atoms with E-state index in [9.17, 15) is 4.79 Å². The molecule has 0 radical (unpaired) electrons. The number of furan rings is 1. The van der Waals surface area contributed by atoms with Gasteiger partial charge in [0.25, 0.3) is 5.91 Å². The third-order valence-electron chi connectivity index (χ3n) is 3.36. The van der Waals surface area contributed by atoms with Crippen LogP contribution in [0.15, 0.2) is 34.9 Å². The van der Waals surface area contributed by atoms with Crippen molar-refractivity contribution >= 4 is 16.9 Å². The smallest absolute Gasteiger partial charge is 0.255 e. The minimum absolute atomic E-state index is 0.0475. The van der Waals surface area contributed by atoms with Gasteiger partial charge in [-0.05, 0) is 25.5 Å². The number of para-hydroxylation sites is 1. The van der Waals surface area contributed by atoms with E-state index in [-0.39, 0.29) is 11.9 Å². The zero-order chi connectivity index (χ0) is 12.4. The highest BCUT2D eigenvalue weighted by atomic mass is 16.3. The normalized spacial score (nSPS) is 19.9. The van der Waals surface area contributed by atoms with Crippen LogP contribution in [0.25, 0.3) is 11.0 Å². The number of carbonyl (C=O) groups is 1. The lowest BCUT2D eigenvalue weighted by Gasteiger charge is -2.23. The average Bonchev–Trinajstić information content (AvgIpc) is 2.84. The molecule has 0 unspecified atom stereocenters. The first-order valence-corrected chi connectivity index (χ1v) is 6.32. The summed E-state index contributed by atoms with van der Waals surface area (Å²) in [6.07, 6.45) is 3.68. The van der Waals surface area contributed by atoms with Crippen LogP contribution in [-0.2, 0) is 0 Å². The molecule has 2 N–H and O–H groups in total. The molecule has 4 heteroatoms. The zero-order valence-electron chi connectivity index (χ0n) is 10.1. The fourth-order valence-corrected chi connectivity index (χ4v) is 2.39. The Morgan fingerprint density at radius 1 is 1.39 bits per heavy atom. The summed E-state index contributed by atoms with van der Waals surface area (Å²) >= 11 is 0. The van der Waals surface area contributed by atoms with Gasteiger partial charge >= 0.3 is 0 Å². The highest BCUT2D eigenvalue weighted by Gasteiger charge is 2.19. The molecule has 0 aliphatic carbocycles. The predicted octanol–water partition coefficient (Wildman–Crippen LogP) is 1.91. The number of amides is 1. The van der Waals surface area contributed by atoms with Crippen LogP contribution in [0.2, 0.25) is 0 Å². The second-order valence-corrected chi connectivity index (χ2v) is 4.66. The first kappa shape index (κ1) is 11.3. The van der Waals surface area contributed by atoms with Gasteiger partial charge in [-0.2, -0.15) is 0 Å². The number of nitrogens with one attached hydrogen (secondary N) is 2. The van der Waals surface area contributed by atoms with Gasteiger partial charge in [0.15, 0.2) is 0 Å². The predicted molar refractivity (Wildman–Crippen MR) is 69.6 cm³/mol. The van der Waals surface area contributed by atoms with Crippen LogP contribution in [0.1, 0.15) is 23.2 Å². The van der Waals surface area contributed by atoms with Crippen molar-refractivity contribution in [3.8, 4) is 0 Å². The fourth-order valence-electron chi connectivity index (χ4n) is 2.39. The van der Waals surface area contributed by atoms with Crippen LogP contribution in [0, 0.1) is 0 Å². The average molecular weight is 244 g/mol. The molecule has 1 amide bonds. The standard InChI is InChI=1S/C14H16N2O2/c17-14(16-10-4-3-7-15-8-10)12-9-18-13-6-2-1-5-11(12)13/h1-2,5-6,9-10,15H,3-4,7-8H2,(H,16,17)/t10-/m0/s1. The summed E-state index contributed by atoms with van der Waals surface area (Å²) < 4.78 is 5.38. The number of carbonyl (C=O) groups excluding carboxylic acids is 1. The highest BCUT2D eigenvalue weighted by molar-refractivity contribution is 6.05. The quantitative estimate of drug-likeness (QED) is 0.848. The SMILES string of the molecule is O=C(N[C@H]1CCCNC1)c1coc2ccccc12. The third-order valence-corrected chi connectivity index (χ3v) is 3.36. The van der Waals surface area contributed by atoms with Gasteiger partial charge in [0.1, 0.15) is 11.8 Å². The van der Waals surface area contributed by atoms with Gasteiger partial charge in [-0.25, -0.2) is 0 Å². The van der Waals surface area contributed by atoms with Gasteiger partial charge in [-0.15, -0.1) is 0 Å². The summed E-state index contributed by atoms with van der Waals surface area (Å²) in [7, 11) is 0. The van der Waals surface area contributed by atoms with Crippen LogP contribution >= 0.6 is 0 Å². The Morgan fingerprint density at radius 2 is 2.28 bits per heavy atom. The van der Waals surface area contributed by atoms with Crippen LogP contribution < -0.4 is 10.6 Å². The molecule has 2 aromatic rings. The minimum Gasteiger partial charge on any atom is -0.463 e. The molecule has 1 aromatic heterocycles. The Morgan fingerprint density at radius 3 is 3.11 bits per heavy atom. The van der Waals surface area contributed by atoms with Gasteiger partial charge in [-0.1, -0.05) is 18.2 Å². The Balaban J connectivity index is 1.79. The molecule has 94 valence electrons. The van der Waals surface area contributed by atoms with Crippen molar-refractivity contribution in [3.05, 3.63) is 36.1 Å². The number of benzene rings is 1. The lowest BCUT2D eigenvalue weighted by molar-refractivity contribution is 0.0931. The molecule has 1 aromatic carbocycles. The Labute approximate surface area is 105 Å². The van der Waals surface area contributed by atoms with Crippen molar-refractivity contribution in [2.45, 2.75) is 18.9 Å². The van der Waals surface area contributed by atoms with Gasteiger partial charge in [0.2, 0.25) is 0 Å². The third kappa shape index (κ3) is 2.11. The topological polar surface area (TPSA) is 54.3 Å². The maximum atomic E-state index is 12.2. The van der Waals surface area contributed by atoms with Gasteiger partial charge in [-0.3, -0.25) is 4.79 Å². The summed E-state index contributed by atoms with van der Waals surface area (Å²) in [6.45, 7) is 1.89. The summed E-state index contributed by atoms with van der Waals surface area (Å²) in [5, 5.41) is 7.21. The lowest BCUT2D eigenvalue weighted by Crippen LogP contribution is -2.45. The minimum atomic E-state index is -0.0475. The van der Waals surface area contributed by atoms with Crippen molar-refractivity contribution in [1.29, 1.82) is 0 Å². The van der Waals surface area contributed by atoms with Crippen LogP contribution in [-0.4, -0.2) is 25.0 Å². The summed E-state index contributed by atoms with van der Waals surface area (Å²) in [4.78, 5) is 12.2. The first-order chi connectivity index (χ1) is 8.84. The number of hydrogen-bond acceptors (Lipinski definition) is 3. The van der Waals surface area contributed by atoms with Crippen LogP contribution in [0.4, 0.5) is 0 Å². The molecule has 0 saturated carbocycles. The molecule has 0 bridgehead atoms. The first-order valence-electron chi connectivity index (χ1n) is 6.32. The second kappa shape index (κ2) is 4.82. The molecule has 2 heterocycles. The lowest BCUT2D eigenvalue weighted by atomic mass is 10.1. The molecule has 1 aliphatic heterocycles. The molecule has 1 fully saturated rings. The van der Waals surface area contributed by atoms with Gasteiger partial charge in [0.05, 0.1) is 5.56 Å². The Bertz CT molecular complexity index is 556. The molecule has 1 atom stereocenters. The molecule has 1 saturated heterocycles. The largest absolute Gasteiger partial charge is 0.463 e. The molecular formula is C14H16N2O2. The van der Waals surface area contributed by atoms with E-state index in [0.717, 1.165) is 36.9 Å². The molecule has 4 nitrogen and oxygen atoms in total. The van der Waals surface area contributed by atoms with Gasteiger partial charge in [0, 0.05) is 18.0 Å². The number of fused-ring (bicyclic) bond motifs is 1. The van der Waals surface area contributed by atoms with E-state index < -0.39 is 0 Å². The Kier molecular flexibility index (Phi) is 3.02. The van der Waals surface area contributed by atoms with Gasteiger partial charge < -0.3 is 15.1 Å². The maximum Gasteiger partial charge on any atom is 0.255 e. The summed E-state index contributed by atoms with van der Waals surface area (Å²) in [5.74, 6) is -0.0475. The molecular weight excluding hydrogens is 228 g/mol. The maximum absolute atomic E-state index is 12.2. The number of hydrogen-bond donors (Lipinski definition) is 2. The van der Waals surface area contributed by atoms with Crippen molar-refractivity contribution < 1.29 is 9.21 Å². The Hall–Kier alpha value is -1.81. The number of piperidine rings is 1. The van der Waals surface area contributed by atoms with E-state index in [4.69, 9.17) is 4.42 Å². The van der Waals surface area contributed by atoms with E-state index in [1.807, 2.05) is 24.3 Å². The molecule has 0 spiro atoms. The zero-order valence-corrected chi connectivity index (χ0v) is 10.1. The molecule has 1 aliphatic rings. The van der Waals surface area contributed by atoms with E-state index in [0.29, 0.717) is 5.56 Å². The summed E-state index contributed by atoms with van der Waals surface area (Å²) in [5.41, 5.74) is 1.38. The van der Waals surface area contributed by atoms with E-state index >= 15 is 0 Å². The van der Waals surface area contributed by atoms with E-state index in [1.54, 1.807) is 0 Å².